The van der Waals surface area contributed by atoms with E-state index in [1.54, 1.807) is 57.2 Å². The number of carbonyl (C=O) groups excluding carboxylic acids is 5. The molecule has 1 saturated heterocycles. The summed E-state index contributed by atoms with van der Waals surface area (Å²) in [6.45, 7) is 5.21. The van der Waals surface area contributed by atoms with Gasteiger partial charge in [0.15, 0.2) is 0 Å². The van der Waals surface area contributed by atoms with Crippen LogP contribution in [0, 0.1) is 5.92 Å². The summed E-state index contributed by atoms with van der Waals surface area (Å²) in [7, 11) is -2.98. The number of alkyl carbamates (subject to hydrolysis) is 1. The molecule has 0 bridgehead atoms. The van der Waals surface area contributed by atoms with Gasteiger partial charge >= 0.3 is 6.09 Å². The van der Waals surface area contributed by atoms with Gasteiger partial charge in [-0.2, -0.15) is 0 Å². The summed E-state index contributed by atoms with van der Waals surface area (Å²) in [5, 5.41) is 7.89. The van der Waals surface area contributed by atoms with Gasteiger partial charge in [0, 0.05) is 31.7 Å². The van der Waals surface area contributed by atoms with Crippen molar-refractivity contribution in [2.75, 3.05) is 24.7 Å². The van der Waals surface area contributed by atoms with Gasteiger partial charge in [-0.25, -0.2) is 13.2 Å². The van der Waals surface area contributed by atoms with Crippen LogP contribution in [-0.4, -0.2) is 91.8 Å². The van der Waals surface area contributed by atoms with Gasteiger partial charge in [0.2, 0.25) is 27.7 Å². The minimum Gasteiger partial charge on any atom is -0.444 e. The quantitative estimate of drug-likeness (QED) is 0.313. The van der Waals surface area contributed by atoms with Crippen LogP contribution < -0.4 is 20.7 Å². The van der Waals surface area contributed by atoms with Gasteiger partial charge in [-0.1, -0.05) is 43.2 Å². The zero-order valence-electron chi connectivity index (χ0n) is 27.2. The largest absolute Gasteiger partial charge is 0.444 e. The Kier molecular flexibility index (Phi) is 11.3. The average molecular weight is 676 g/mol. The van der Waals surface area contributed by atoms with Crippen LogP contribution >= 0.6 is 0 Å². The molecule has 1 aromatic carbocycles. The third-order valence-electron chi connectivity index (χ3n) is 8.30. The number of nitrogens with one attached hydrogen (secondary N) is 4. The fourth-order valence-electron chi connectivity index (χ4n) is 5.86. The molecule has 1 aromatic rings. The summed E-state index contributed by atoms with van der Waals surface area (Å²) in [5.74, 6) is -4.47. The number of amides is 5. The second-order valence-corrected chi connectivity index (χ2v) is 15.0. The van der Waals surface area contributed by atoms with Gasteiger partial charge < -0.3 is 30.3 Å². The van der Waals surface area contributed by atoms with Crippen molar-refractivity contribution >= 4 is 45.4 Å². The van der Waals surface area contributed by atoms with E-state index in [4.69, 9.17) is 9.47 Å². The molecule has 0 unspecified atom stereocenters. The maximum absolute atomic E-state index is 13.9. The Morgan fingerprint density at radius 1 is 1.09 bits per heavy atom. The van der Waals surface area contributed by atoms with E-state index in [9.17, 15) is 32.4 Å². The molecule has 4 N–H and O–H groups in total. The van der Waals surface area contributed by atoms with Crippen LogP contribution in [0.15, 0.2) is 42.5 Å². The lowest BCUT2D eigenvalue weighted by atomic mass is 10.0. The van der Waals surface area contributed by atoms with Crippen LogP contribution in [0.25, 0.3) is 0 Å². The maximum atomic E-state index is 13.9. The smallest absolute Gasteiger partial charge is 0.408 e. The number of anilines is 1. The van der Waals surface area contributed by atoms with E-state index < -0.39 is 80.7 Å². The second kappa shape index (κ2) is 14.8. The molecule has 15 heteroatoms. The van der Waals surface area contributed by atoms with Gasteiger partial charge in [-0.15, -0.1) is 0 Å². The van der Waals surface area contributed by atoms with Crippen molar-refractivity contribution in [3.63, 3.8) is 0 Å². The van der Waals surface area contributed by atoms with E-state index >= 15 is 0 Å². The van der Waals surface area contributed by atoms with E-state index in [2.05, 4.69) is 16.0 Å². The molecule has 2 aliphatic heterocycles. The molecule has 2 fully saturated rings. The van der Waals surface area contributed by atoms with Crippen molar-refractivity contribution in [1.82, 2.24) is 20.3 Å². The molecule has 2 heterocycles. The number of hydrogen-bond donors (Lipinski definition) is 4. The predicted molar refractivity (Wildman–Crippen MR) is 172 cm³/mol. The first-order chi connectivity index (χ1) is 22.1. The zero-order valence-corrected chi connectivity index (χ0v) is 28.1. The minimum absolute atomic E-state index is 0.0767. The highest BCUT2D eigenvalue weighted by Gasteiger charge is 2.61. The van der Waals surface area contributed by atoms with Crippen molar-refractivity contribution in [2.24, 2.45) is 5.92 Å². The third-order valence-corrected chi connectivity index (χ3v) is 9.43. The molecule has 0 spiro atoms. The maximum Gasteiger partial charge on any atom is 0.408 e. The predicted octanol–water partition coefficient (Wildman–Crippen LogP) is 1.98. The van der Waals surface area contributed by atoms with Crippen LogP contribution in [0.1, 0.15) is 65.7 Å². The first-order valence-electron chi connectivity index (χ1n) is 15.8. The minimum atomic E-state index is -4.44. The highest BCUT2D eigenvalue weighted by molar-refractivity contribution is 7.90. The number of carbonyl (C=O) groups is 5. The van der Waals surface area contributed by atoms with E-state index in [0.717, 1.165) is 12.8 Å². The Morgan fingerprint density at radius 3 is 2.49 bits per heavy atom. The van der Waals surface area contributed by atoms with Crippen molar-refractivity contribution in [2.45, 2.75) is 95.0 Å². The Bertz CT molecular complexity index is 1480. The number of nitrogens with zero attached hydrogens (tertiary/aromatic N) is 1. The molecule has 258 valence electrons. The number of hydrogen-bond acceptors (Lipinski definition) is 9. The standard InChI is InChI=1S/C32H45N5O9S/c1-31(2,3)46-30(42)34-24-16-12-7-5-6-9-13-21-18-32(21,35-27(39)25-17-23(45-4)19-37(25)28(24)40)29(41)36-47(43,44)20-26(38)33-22-14-10-8-11-15-22/h8-11,13-15,21,23-25H,5-7,12,16-20H2,1-4H3,(H,33,38)(H,34,42)(H,35,39)(H,36,41)/t21-,23-,24+,25+,32-/m1/s1. The van der Waals surface area contributed by atoms with E-state index in [-0.39, 0.29) is 19.4 Å². The van der Waals surface area contributed by atoms with Crippen LogP contribution in [-0.2, 0) is 38.7 Å². The summed E-state index contributed by atoms with van der Waals surface area (Å²) in [4.78, 5) is 67.8. The summed E-state index contributed by atoms with van der Waals surface area (Å²) < 4.78 is 38.7. The Balaban J connectivity index is 1.54. The summed E-state index contributed by atoms with van der Waals surface area (Å²) in [5.41, 5.74) is -2.00. The van der Waals surface area contributed by atoms with Crippen LogP contribution in [0.5, 0.6) is 0 Å². The average Bonchev–Trinajstić information content (AvgIpc) is 3.49. The fraction of sp³-hybridized carbons (Fsp3) is 0.594. The van der Waals surface area contributed by atoms with Gasteiger partial charge in [0.25, 0.3) is 5.91 Å². The number of methoxy groups -OCH3 is 1. The monoisotopic (exact) mass is 675 g/mol. The van der Waals surface area contributed by atoms with E-state index in [0.29, 0.717) is 24.9 Å². The van der Waals surface area contributed by atoms with Gasteiger partial charge in [0.1, 0.15) is 29.0 Å². The zero-order chi connectivity index (χ0) is 34.4. The molecule has 5 atom stereocenters. The highest BCUT2D eigenvalue weighted by atomic mass is 32.2. The number of sulfonamides is 1. The van der Waals surface area contributed by atoms with Gasteiger partial charge in [-0.05, 0) is 58.6 Å². The lowest BCUT2D eigenvalue weighted by molar-refractivity contribution is -0.141. The molecule has 0 aromatic heterocycles. The molecule has 1 saturated carbocycles. The molecule has 14 nitrogen and oxygen atoms in total. The summed E-state index contributed by atoms with van der Waals surface area (Å²) in [6, 6.07) is 6.26. The molecule has 1 aliphatic carbocycles. The second-order valence-electron chi connectivity index (χ2n) is 13.2. The SMILES string of the molecule is CO[C@@H]1C[C@H]2C(=O)N[C@]3(C(=O)NS(=O)(=O)CC(=O)Nc4ccccc4)C[C@H]3C=CCCCCC[C@H](NC(=O)OC(C)(C)C)C(=O)N2C1. The van der Waals surface area contributed by atoms with E-state index in [1.807, 2.05) is 10.8 Å². The lowest BCUT2D eigenvalue weighted by Crippen LogP contribution is -2.58. The Hall–Kier alpha value is -3.98. The summed E-state index contributed by atoms with van der Waals surface area (Å²) >= 11 is 0. The third kappa shape index (κ3) is 9.76. The molecule has 47 heavy (non-hydrogen) atoms. The van der Waals surface area contributed by atoms with Crippen LogP contribution in [0.4, 0.5) is 10.5 Å². The number of para-hydroxylation sites is 1. The Morgan fingerprint density at radius 2 is 1.81 bits per heavy atom. The van der Waals surface area contributed by atoms with Gasteiger partial charge in [0.05, 0.1) is 6.10 Å². The van der Waals surface area contributed by atoms with E-state index in [1.165, 1.54) is 12.0 Å². The molecule has 5 amide bonds. The van der Waals surface area contributed by atoms with Crippen LogP contribution in [0.3, 0.4) is 0 Å². The number of allylic oxidation sites excluding steroid dienone is 1. The van der Waals surface area contributed by atoms with Crippen molar-refractivity contribution in [1.29, 1.82) is 0 Å². The first kappa shape index (κ1) is 35.9. The molecule has 4 rings (SSSR count). The molecular formula is C32H45N5O9S. The lowest BCUT2D eigenvalue weighted by Gasteiger charge is -2.30. The van der Waals surface area contributed by atoms with Crippen molar-refractivity contribution in [3.8, 4) is 0 Å². The summed E-state index contributed by atoms with van der Waals surface area (Å²) in [6.07, 6.45) is 5.83. The molecule has 3 aliphatic rings. The first-order valence-corrected chi connectivity index (χ1v) is 17.5. The van der Waals surface area contributed by atoms with Crippen LogP contribution in [0.2, 0.25) is 0 Å². The number of rotatable bonds is 7. The highest BCUT2D eigenvalue weighted by Crippen LogP contribution is 2.45. The topological polar surface area (TPSA) is 189 Å². The molecule has 0 radical (unpaired) electrons. The van der Waals surface area contributed by atoms with Crippen molar-refractivity contribution < 1.29 is 41.9 Å². The normalized spacial score (nSPS) is 26.9. The number of benzene rings is 1. The van der Waals surface area contributed by atoms with Crippen molar-refractivity contribution in [3.05, 3.63) is 42.5 Å². The number of fused-ring (bicyclic) bond motifs is 2. The molecular weight excluding hydrogens is 630 g/mol. The Labute approximate surface area is 275 Å². The fourth-order valence-corrected chi connectivity index (χ4v) is 6.81. The number of ether oxygens (including phenoxy) is 2. The van der Waals surface area contributed by atoms with Gasteiger partial charge in [-0.3, -0.25) is 23.9 Å².